The van der Waals surface area contributed by atoms with E-state index in [4.69, 9.17) is 10.8 Å². The maximum Gasteiger partial charge on any atom is 0.223 e. The van der Waals surface area contributed by atoms with Crippen molar-refractivity contribution in [3.63, 3.8) is 0 Å². The van der Waals surface area contributed by atoms with Crippen molar-refractivity contribution in [2.75, 3.05) is 24.2 Å². The van der Waals surface area contributed by atoms with E-state index in [9.17, 15) is 18.7 Å². The number of hydrogen-bond donors (Lipinski definition) is 5. The molecule has 1 aromatic carbocycles. The Hall–Kier alpha value is -3.38. The number of aliphatic hydroxyl groups is 2. The number of aromatic nitrogens is 4. The fourth-order valence-corrected chi connectivity index (χ4v) is 4.07. The minimum absolute atomic E-state index is 0.00504. The number of nitrogen functional groups attached to an aromatic ring is 1. The van der Waals surface area contributed by atoms with E-state index in [1.54, 1.807) is 0 Å². The highest BCUT2D eigenvalue weighted by Gasteiger charge is 2.30. The van der Waals surface area contributed by atoms with Crippen molar-refractivity contribution in [3.8, 4) is 0 Å². The van der Waals surface area contributed by atoms with E-state index in [-0.39, 0.29) is 36.0 Å². The van der Waals surface area contributed by atoms with Gasteiger partial charge in [-0.3, -0.25) is 9.36 Å². The van der Waals surface area contributed by atoms with Crippen molar-refractivity contribution in [2.24, 2.45) is 5.92 Å². The Labute approximate surface area is 187 Å². The molecule has 1 aliphatic carbocycles. The van der Waals surface area contributed by atoms with Crippen LogP contribution in [0.2, 0.25) is 0 Å². The molecule has 1 amide bonds. The molecular weight excluding hydrogens is 436 g/mol. The summed E-state index contributed by atoms with van der Waals surface area (Å²) in [6.45, 7) is -0.426. The van der Waals surface area contributed by atoms with Gasteiger partial charge in [-0.1, -0.05) is 0 Å². The molecule has 2 aromatic heterocycles. The normalized spacial score (nSPS) is 19.4. The van der Waals surface area contributed by atoms with Crippen LogP contribution < -0.4 is 16.4 Å². The van der Waals surface area contributed by atoms with Crippen molar-refractivity contribution in [1.82, 2.24) is 24.8 Å². The van der Waals surface area contributed by atoms with E-state index in [2.05, 4.69) is 25.6 Å². The first-order valence-electron chi connectivity index (χ1n) is 10.6. The number of fused-ring (bicyclic) bond motifs is 1. The molecule has 12 heteroatoms. The lowest BCUT2D eigenvalue weighted by molar-refractivity contribution is -0.126. The fourth-order valence-electron chi connectivity index (χ4n) is 4.07. The molecule has 0 aliphatic heterocycles. The molecular formula is C21H25F2N7O3. The third kappa shape index (κ3) is 5.01. The standard InChI is InChI=1S/C21H25F2N7O3/c22-12-3-6-16(15(23)7-12)27-21-28-17-9-26-20(24)29-18(17)30(21)13-4-1-11(2-5-13)19(33)25-8-14(32)10-31/h3,6-7,9,11,13-14,31-32H,1-2,4-5,8,10H2,(H,25,33)(H,27,28)(H2,24,26,29)/t11-,13+,14-/m0/s1. The Morgan fingerprint density at radius 2 is 2.00 bits per heavy atom. The number of halogens is 2. The van der Waals surface area contributed by atoms with Crippen LogP contribution in [-0.4, -0.2) is 54.9 Å². The maximum atomic E-state index is 14.3. The van der Waals surface area contributed by atoms with Crippen LogP contribution >= 0.6 is 0 Å². The first kappa shape index (κ1) is 22.8. The third-order valence-electron chi connectivity index (χ3n) is 5.78. The van der Waals surface area contributed by atoms with E-state index < -0.39 is 24.3 Å². The van der Waals surface area contributed by atoms with Crippen LogP contribution in [0.5, 0.6) is 0 Å². The zero-order valence-electron chi connectivity index (χ0n) is 17.7. The number of benzene rings is 1. The van der Waals surface area contributed by atoms with Crippen molar-refractivity contribution < 1.29 is 23.8 Å². The smallest absolute Gasteiger partial charge is 0.223 e. The van der Waals surface area contributed by atoms with Gasteiger partial charge in [-0.2, -0.15) is 4.98 Å². The summed E-state index contributed by atoms with van der Waals surface area (Å²) >= 11 is 0. The summed E-state index contributed by atoms with van der Waals surface area (Å²) in [5.41, 5.74) is 6.78. The number of hydrogen-bond acceptors (Lipinski definition) is 8. The molecule has 1 aliphatic rings. The van der Waals surface area contributed by atoms with Gasteiger partial charge in [-0.15, -0.1) is 0 Å². The van der Waals surface area contributed by atoms with Crippen LogP contribution in [0.3, 0.4) is 0 Å². The van der Waals surface area contributed by atoms with Crippen molar-refractivity contribution >= 4 is 34.7 Å². The lowest BCUT2D eigenvalue weighted by Crippen LogP contribution is -2.39. The first-order valence-corrected chi connectivity index (χ1v) is 10.6. The third-order valence-corrected chi connectivity index (χ3v) is 5.78. The number of rotatable bonds is 7. The van der Waals surface area contributed by atoms with Gasteiger partial charge in [0.1, 0.15) is 17.2 Å². The minimum atomic E-state index is -0.992. The van der Waals surface area contributed by atoms with Gasteiger partial charge in [0.25, 0.3) is 0 Å². The molecule has 1 fully saturated rings. The number of imidazole rings is 1. The predicted molar refractivity (Wildman–Crippen MR) is 116 cm³/mol. The van der Waals surface area contributed by atoms with Crippen molar-refractivity contribution in [1.29, 1.82) is 0 Å². The van der Waals surface area contributed by atoms with Crippen LogP contribution in [0.4, 0.5) is 26.4 Å². The number of aliphatic hydroxyl groups excluding tert-OH is 2. The van der Waals surface area contributed by atoms with Crippen molar-refractivity contribution in [3.05, 3.63) is 36.0 Å². The first-order chi connectivity index (χ1) is 15.9. The fraction of sp³-hybridized carbons (Fsp3) is 0.429. The molecule has 0 saturated heterocycles. The summed E-state index contributed by atoms with van der Waals surface area (Å²) < 4.78 is 29.4. The topological polar surface area (TPSA) is 151 Å². The van der Waals surface area contributed by atoms with Crippen LogP contribution in [0.15, 0.2) is 24.4 Å². The van der Waals surface area contributed by atoms with E-state index >= 15 is 0 Å². The van der Waals surface area contributed by atoms with Crippen LogP contribution in [0.1, 0.15) is 31.7 Å². The Bertz CT molecular complexity index is 1150. The molecule has 0 bridgehead atoms. The quantitative estimate of drug-likeness (QED) is 0.356. The number of nitrogens with two attached hydrogens (primary N) is 1. The van der Waals surface area contributed by atoms with Crippen LogP contribution in [-0.2, 0) is 4.79 Å². The van der Waals surface area contributed by atoms with Crippen molar-refractivity contribution in [2.45, 2.75) is 37.8 Å². The van der Waals surface area contributed by atoms with E-state index in [1.165, 1.54) is 12.3 Å². The van der Waals surface area contributed by atoms with Gasteiger partial charge in [0, 0.05) is 24.6 Å². The van der Waals surface area contributed by atoms with E-state index in [0.29, 0.717) is 42.8 Å². The zero-order chi connectivity index (χ0) is 23.5. The number of carbonyl (C=O) groups excluding carboxylic acids is 1. The highest BCUT2D eigenvalue weighted by molar-refractivity contribution is 5.79. The Balaban J connectivity index is 1.56. The Kier molecular flexibility index (Phi) is 6.65. The van der Waals surface area contributed by atoms with Gasteiger partial charge >= 0.3 is 0 Å². The number of nitrogens with one attached hydrogen (secondary N) is 2. The summed E-state index contributed by atoms with van der Waals surface area (Å²) in [6.07, 6.45) is 2.89. The summed E-state index contributed by atoms with van der Waals surface area (Å²) in [4.78, 5) is 25.2. The molecule has 3 aromatic rings. The molecule has 0 radical (unpaired) electrons. The molecule has 33 heavy (non-hydrogen) atoms. The SMILES string of the molecule is Nc1ncc2nc(Nc3ccc(F)cc3F)n([C@H]3CC[C@@H](C(=O)NC[C@H](O)CO)CC3)c2n1. The van der Waals surface area contributed by atoms with Gasteiger partial charge < -0.3 is 26.6 Å². The second kappa shape index (κ2) is 9.63. The van der Waals surface area contributed by atoms with E-state index in [1.807, 2.05) is 4.57 Å². The molecule has 10 nitrogen and oxygen atoms in total. The second-order valence-electron chi connectivity index (χ2n) is 8.08. The number of nitrogens with zero attached hydrogens (tertiary/aromatic N) is 4. The summed E-state index contributed by atoms with van der Waals surface area (Å²) in [5.74, 6) is -1.46. The minimum Gasteiger partial charge on any atom is -0.394 e. The van der Waals surface area contributed by atoms with Gasteiger partial charge in [-0.25, -0.2) is 18.7 Å². The number of amides is 1. The molecule has 0 unspecified atom stereocenters. The zero-order valence-corrected chi connectivity index (χ0v) is 17.7. The number of anilines is 3. The predicted octanol–water partition coefficient (Wildman–Crippen LogP) is 1.63. The molecule has 2 heterocycles. The summed E-state index contributed by atoms with van der Waals surface area (Å²) in [7, 11) is 0. The molecule has 176 valence electrons. The van der Waals surface area contributed by atoms with Gasteiger partial charge in [0.15, 0.2) is 5.65 Å². The average molecular weight is 461 g/mol. The Morgan fingerprint density at radius 3 is 2.70 bits per heavy atom. The molecule has 1 saturated carbocycles. The van der Waals surface area contributed by atoms with Crippen LogP contribution in [0, 0.1) is 17.6 Å². The Morgan fingerprint density at radius 1 is 1.24 bits per heavy atom. The molecule has 1 atom stereocenters. The summed E-state index contributed by atoms with van der Waals surface area (Å²) in [5, 5.41) is 23.9. The van der Waals surface area contributed by atoms with Gasteiger partial charge in [0.2, 0.25) is 17.8 Å². The molecule has 6 N–H and O–H groups in total. The average Bonchev–Trinajstić information content (AvgIpc) is 3.16. The largest absolute Gasteiger partial charge is 0.394 e. The highest BCUT2D eigenvalue weighted by Crippen LogP contribution is 2.37. The van der Waals surface area contributed by atoms with Crippen LogP contribution in [0.25, 0.3) is 11.2 Å². The lowest BCUT2D eigenvalue weighted by atomic mass is 9.85. The highest BCUT2D eigenvalue weighted by atomic mass is 19.1. The molecule has 0 spiro atoms. The number of carbonyl (C=O) groups is 1. The van der Waals surface area contributed by atoms with Gasteiger partial charge in [0.05, 0.1) is 24.6 Å². The second-order valence-corrected chi connectivity index (χ2v) is 8.08. The maximum absolute atomic E-state index is 14.3. The monoisotopic (exact) mass is 461 g/mol. The molecule has 4 rings (SSSR count). The summed E-state index contributed by atoms with van der Waals surface area (Å²) in [6, 6.07) is 3.12. The van der Waals surface area contributed by atoms with E-state index in [0.717, 1.165) is 12.1 Å². The van der Waals surface area contributed by atoms with Gasteiger partial charge in [-0.05, 0) is 37.8 Å². The lowest BCUT2D eigenvalue weighted by Gasteiger charge is -2.30.